The van der Waals surface area contributed by atoms with Gasteiger partial charge in [0.15, 0.2) is 0 Å². The molecule has 0 aliphatic heterocycles. The van der Waals surface area contributed by atoms with Gasteiger partial charge in [-0.1, -0.05) is 11.6 Å². The van der Waals surface area contributed by atoms with Crippen LogP contribution < -0.4 is 0 Å². The Labute approximate surface area is 91.1 Å². The molecule has 0 spiro atoms. The second-order valence-corrected chi connectivity index (χ2v) is 4.64. The number of hydrogen-bond acceptors (Lipinski definition) is 4. The molecular formula is C8H6ClNO4S. The average molecular weight is 248 g/mol. The predicted molar refractivity (Wildman–Crippen MR) is 55.3 cm³/mol. The van der Waals surface area contributed by atoms with Crippen molar-refractivity contribution in [1.29, 1.82) is 0 Å². The normalized spacial score (nSPS) is 11.8. The van der Waals surface area contributed by atoms with E-state index in [9.17, 15) is 18.5 Å². The zero-order valence-electron chi connectivity index (χ0n) is 7.33. The molecule has 0 N–H and O–H groups in total. The van der Waals surface area contributed by atoms with Crippen molar-refractivity contribution in [2.75, 3.05) is 0 Å². The first kappa shape index (κ1) is 11.7. The van der Waals surface area contributed by atoms with Gasteiger partial charge in [0.1, 0.15) is 0 Å². The highest BCUT2D eigenvalue weighted by Crippen LogP contribution is 2.17. The largest absolute Gasteiger partial charge is 0.269 e. The quantitative estimate of drug-likeness (QED) is 0.605. The molecular weight excluding hydrogens is 242 g/mol. The van der Waals surface area contributed by atoms with Gasteiger partial charge in [0.25, 0.3) is 5.69 Å². The molecule has 0 radical (unpaired) electrons. The van der Waals surface area contributed by atoms with E-state index in [0.29, 0.717) is 0 Å². The molecule has 0 unspecified atom stereocenters. The van der Waals surface area contributed by atoms with Crippen molar-refractivity contribution < 1.29 is 13.3 Å². The minimum absolute atomic E-state index is 0.0370. The maximum absolute atomic E-state index is 11.4. The first-order chi connectivity index (χ1) is 6.97. The zero-order valence-corrected chi connectivity index (χ0v) is 8.90. The lowest BCUT2D eigenvalue weighted by Crippen LogP contribution is -1.96. The molecule has 0 saturated carbocycles. The molecule has 80 valence electrons. The van der Waals surface area contributed by atoms with Crippen LogP contribution in [0.15, 0.2) is 40.1 Å². The van der Waals surface area contributed by atoms with E-state index in [1.807, 2.05) is 0 Å². The molecule has 7 heteroatoms. The van der Waals surface area contributed by atoms with Crippen molar-refractivity contribution >= 4 is 27.1 Å². The predicted octanol–water partition coefficient (Wildman–Crippen LogP) is 2.08. The Balaban J connectivity index is 3.15. The number of non-ortho nitro benzene ring substituents is 1. The lowest BCUT2D eigenvalue weighted by atomic mass is 10.3. The van der Waals surface area contributed by atoms with Crippen molar-refractivity contribution in [3.05, 3.63) is 45.3 Å². The monoisotopic (exact) mass is 247 g/mol. The van der Waals surface area contributed by atoms with E-state index >= 15 is 0 Å². The number of nitro groups is 1. The first-order valence-electron chi connectivity index (χ1n) is 3.73. The number of nitro benzene ring substituents is 1. The van der Waals surface area contributed by atoms with Crippen molar-refractivity contribution in [2.45, 2.75) is 4.90 Å². The van der Waals surface area contributed by atoms with Crippen LogP contribution >= 0.6 is 11.6 Å². The molecule has 1 aromatic rings. The van der Waals surface area contributed by atoms with Crippen molar-refractivity contribution in [1.82, 2.24) is 0 Å². The maximum atomic E-state index is 11.4. The van der Waals surface area contributed by atoms with Gasteiger partial charge in [-0.2, -0.15) is 0 Å². The van der Waals surface area contributed by atoms with Gasteiger partial charge in [0, 0.05) is 23.1 Å². The Kier molecular flexibility index (Phi) is 3.43. The fourth-order valence-electron chi connectivity index (χ4n) is 0.904. The van der Waals surface area contributed by atoms with Gasteiger partial charge in [-0.05, 0) is 12.1 Å². The molecule has 15 heavy (non-hydrogen) atoms. The van der Waals surface area contributed by atoms with E-state index in [-0.39, 0.29) is 10.6 Å². The molecule has 0 bridgehead atoms. The number of hydrogen-bond donors (Lipinski definition) is 0. The topological polar surface area (TPSA) is 77.3 Å². The van der Waals surface area contributed by atoms with Crippen molar-refractivity contribution in [3.63, 3.8) is 0 Å². The van der Waals surface area contributed by atoms with Crippen LogP contribution in [0.1, 0.15) is 0 Å². The summed E-state index contributed by atoms with van der Waals surface area (Å²) in [5.74, 6) is 0. The average Bonchev–Trinajstić information content (AvgIpc) is 2.18. The zero-order chi connectivity index (χ0) is 11.5. The van der Waals surface area contributed by atoms with Gasteiger partial charge >= 0.3 is 0 Å². The van der Waals surface area contributed by atoms with Crippen LogP contribution in [0.25, 0.3) is 0 Å². The van der Waals surface area contributed by atoms with Crippen molar-refractivity contribution in [2.24, 2.45) is 0 Å². The smallest absolute Gasteiger partial charge is 0.258 e. The van der Waals surface area contributed by atoms with Crippen LogP contribution in [0.3, 0.4) is 0 Å². The van der Waals surface area contributed by atoms with Crippen LogP contribution in [0.2, 0.25) is 0 Å². The summed E-state index contributed by atoms with van der Waals surface area (Å²) >= 11 is 5.15. The van der Waals surface area contributed by atoms with E-state index in [1.54, 1.807) is 0 Å². The Hall–Kier alpha value is -1.40. The lowest BCUT2D eigenvalue weighted by molar-refractivity contribution is -0.384. The summed E-state index contributed by atoms with van der Waals surface area (Å²) in [5, 5.41) is 11.1. The van der Waals surface area contributed by atoms with Crippen LogP contribution in [0.4, 0.5) is 5.69 Å². The molecule has 1 rings (SSSR count). The number of sulfone groups is 1. The molecule has 5 nitrogen and oxygen atoms in total. The number of benzene rings is 1. The maximum Gasteiger partial charge on any atom is 0.269 e. The van der Waals surface area contributed by atoms with Crippen LogP contribution in [0.5, 0.6) is 0 Å². The molecule has 0 fully saturated rings. The van der Waals surface area contributed by atoms with Crippen LogP contribution in [-0.4, -0.2) is 13.3 Å². The molecule has 0 aliphatic carbocycles. The van der Waals surface area contributed by atoms with Gasteiger partial charge in [-0.15, -0.1) is 0 Å². The highest BCUT2D eigenvalue weighted by Gasteiger charge is 2.12. The number of halogens is 1. The summed E-state index contributed by atoms with van der Waals surface area (Å²) in [4.78, 5) is 9.67. The van der Waals surface area contributed by atoms with E-state index < -0.39 is 14.8 Å². The fraction of sp³-hybridized carbons (Fsp3) is 0. The highest BCUT2D eigenvalue weighted by molar-refractivity contribution is 7.94. The second-order valence-electron chi connectivity index (χ2n) is 2.56. The van der Waals surface area contributed by atoms with Crippen molar-refractivity contribution in [3.8, 4) is 0 Å². The highest BCUT2D eigenvalue weighted by atomic mass is 35.5. The van der Waals surface area contributed by atoms with Gasteiger partial charge in [0.05, 0.1) is 9.82 Å². The van der Waals surface area contributed by atoms with E-state index in [1.165, 1.54) is 0 Å². The third-order valence-electron chi connectivity index (χ3n) is 1.61. The molecule has 0 aliphatic rings. The van der Waals surface area contributed by atoms with E-state index in [2.05, 4.69) is 0 Å². The molecule has 0 atom stereocenters. The number of nitrogens with zero attached hydrogens (tertiary/aromatic N) is 1. The summed E-state index contributed by atoms with van der Waals surface area (Å²) in [5.41, 5.74) is 0.709. The molecule has 1 aromatic carbocycles. The van der Waals surface area contributed by atoms with E-state index in [4.69, 9.17) is 11.6 Å². The third-order valence-corrected chi connectivity index (χ3v) is 3.31. The Bertz CT molecular complexity index is 492. The SMILES string of the molecule is O=[N+]([O-])c1ccc(S(=O)(=O)/C=C/Cl)cc1. The molecule has 0 aromatic heterocycles. The minimum Gasteiger partial charge on any atom is -0.258 e. The minimum atomic E-state index is -3.59. The summed E-state index contributed by atoms with van der Waals surface area (Å²) in [6.07, 6.45) is 0. The summed E-state index contributed by atoms with van der Waals surface area (Å²) in [7, 11) is -3.59. The summed E-state index contributed by atoms with van der Waals surface area (Å²) in [6.45, 7) is 0. The van der Waals surface area contributed by atoms with Gasteiger partial charge in [-0.3, -0.25) is 10.1 Å². The molecule has 0 amide bonds. The van der Waals surface area contributed by atoms with Gasteiger partial charge < -0.3 is 0 Å². The Morgan fingerprint density at radius 1 is 1.27 bits per heavy atom. The van der Waals surface area contributed by atoms with Crippen LogP contribution in [0, 0.1) is 10.1 Å². The van der Waals surface area contributed by atoms with E-state index in [0.717, 1.165) is 35.2 Å². The fourth-order valence-corrected chi connectivity index (χ4v) is 2.12. The third kappa shape index (κ3) is 2.77. The Morgan fingerprint density at radius 2 is 1.80 bits per heavy atom. The number of rotatable bonds is 3. The molecule has 0 saturated heterocycles. The summed E-state index contributed by atoms with van der Waals surface area (Å²) in [6, 6.07) is 4.55. The first-order valence-corrected chi connectivity index (χ1v) is 5.72. The summed E-state index contributed by atoms with van der Waals surface area (Å²) < 4.78 is 22.7. The van der Waals surface area contributed by atoms with Gasteiger partial charge in [0.2, 0.25) is 9.84 Å². The lowest BCUT2D eigenvalue weighted by Gasteiger charge is -1.97. The standard InChI is InChI=1S/C8H6ClNO4S/c9-5-6-15(13,14)8-3-1-7(2-4-8)10(11)12/h1-6H/b6-5+. The molecule has 0 heterocycles. The van der Waals surface area contributed by atoms with Gasteiger partial charge in [-0.25, -0.2) is 8.42 Å². The Morgan fingerprint density at radius 3 is 2.20 bits per heavy atom. The van der Waals surface area contributed by atoms with Crippen LogP contribution in [-0.2, 0) is 9.84 Å². The second kappa shape index (κ2) is 4.41.